The number of aliphatic hydroxyl groups is 1. The third-order valence-corrected chi connectivity index (χ3v) is 9.43. The van der Waals surface area contributed by atoms with Crippen LogP contribution in [-0.2, 0) is 9.47 Å². The Hall–Kier alpha value is -0.120. The van der Waals surface area contributed by atoms with Crippen molar-refractivity contribution in [1.29, 1.82) is 0 Å². The summed E-state index contributed by atoms with van der Waals surface area (Å²) in [4.78, 5) is 0. The number of hydrogen-bond donors (Lipinski definition) is 1. The molecular weight excluding hydrogens is 300 g/mol. The summed E-state index contributed by atoms with van der Waals surface area (Å²) >= 11 is 0. The molecule has 4 saturated carbocycles. The molecule has 0 aromatic heterocycles. The summed E-state index contributed by atoms with van der Waals surface area (Å²) in [5, 5.41) is 10.6. The van der Waals surface area contributed by atoms with Crippen LogP contribution in [0.3, 0.4) is 0 Å². The predicted octanol–water partition coefficient (Wildman–Crippen LogP) is 4.13. The van der Waals surface area contributed by atoms with Crippen molar-refractivity contribution in [3.63, 3.8) is 0 Å². The van der Waals surface area contributed by atoms with Crippen LogP contribution in [0.5, 0.6) is 0 Å². The molecule has 0 aromatic rings. The van der Waals surface area contributed by atoms with Gasteiger partial charge < -0.3 is 14.6 Å². The van der Waals surface area contributed by atoms with Gasteiger partial charge in [-0.15, -0.1) is 0 Å². The fourth-order valence-electron chi connectivity index (χ4n) is 7.93. The quantitative estimate of drug-likeness (QED) is 0.724. The SMILES string of the molecule is C[C@]12CCC3(C[C@@H]1CC[C@H]1[C@@H]2CC[C@]2(C)[C@H](O)CC[C@@H]12)OCCO3. The van der Waals surface area contributed by atoms with Gasteiger partial charge in [0.2, 0.25) is 0 Å². The van der Waals surface area contributed by atoms with E-state index in [9.17, 15) is 5.11 Å². The van der Waals surface area contributed by atoms with Crippen LogP contribution in [0.2, 0.25) is 0 Å². The van der Waals surface area contributed by atoms with E-state index in [1.54, 1.807) is 0 Å². The molecule has 1 saturated heterocycles. The maximum Gasteiger partial charge on any atom is 0.168 e. The van der Waals surface area contributed by atoms with Crippen molar-refractivity contribution < 1.29 is 14.6 Å². The molecule has 5 aliphatic rings. The second kappa shape index (κ2) is 5.20. The molecule has 5 rings (SSSR count). The van der Waals surface area contributed by atoms with Gasteiger partial charge in [-0.2, -0.15) is 0 Å². The van der Waals surface area contributed by atoms with E-state index in [0.717, 1.165) is 56.1 Å². The van der Waals surface area contributed by atoms with Crippen LogP contribution in [0.1, 0.15) is 71.6 Å². The van der Waals surface area contributed by atoms with Gasteiger partial charge in [0.05, 0.1) is 19.3 Å². The van der Waals surface area contributed by atoms with Crippen molar-refractivity contribution in [2.24, 2.45) is 34.5 Å². The number of fused-ring (bicyclic) bond motifs is 5. The van der Waals surface area contributed by atoms with Gasteiger partial charge in [-0.05, 0) is 79.4 Å². The zero-order valence-corrected chi connectivity index (χ0v) is 15.4. The Morgan fingerprint density at radius 2 is 1.54 bits per heavy atom. The highest BCUT2D eigenvalue weighted by molar-refractivity contribution is 5.10. The van der Waals surface area contributed by atoms with Gasteiger partial charge in [0.25, 0.3) is 0 Å². The van der Waals surface area contributed by atoms with E-state index in [0.29, 0.717) is 5.41 Å². The molecule has 3 heteroatoms. The predicted molar refractivity (Wildman–Crippen MR) is 92.4 cm³/mol. The van der Waals surface area contributed by atoms with E-state index in [2.05, 4.69) is 13.8 Å². The van der Waals surface area contributed by atoms with Gasteiger partial charge in [-0.1, -0.05) is 13.8 Å². The summed E-state index contributed by atoms with van der Waals surface area (Å²) in [5.41, 5.74) is 0.677. The van der Waals surface area contributed by atoms with Gasteiger partial charge in [-0.3, -0.25) is 0 Å². The van der Waals surface area contributed by atoms with Crippen molar-refractivity contribution in [3.05, 3.63) is 0 Å². The largest absolute Gasteiger partial charge is 0.393 e. The molecule has 1 aliphatic heterocycles. The molecule has 0 unspecified atom stereocenters. The lowest BCUT2D eigenvalue weighted by Gasteiger charge is -2.61. The zero-order valence-electron chi connectivity index (χ0n) is 15.4. The molecular formula is C21H34O3. The van der Waals surface area contributed by atoms with Gasteiger partial charge in [0.15, 0.2) is 5.79 Å². The standard InChI is InChI=1S/C21H34O3/c1-19-9-10-21(23-11-12-24-21)13-14(19)3-4-15-16-5-6-18(22)20(16,2)8-7-17(15)19/h14-18,22H,3-13H2,1-2H3/t14-,15+,16-,17-,18+,19-,20-/m0/s1. The normalized spacial score (nSPS) is 55.9. The van der Waals surface area contributed by atoms with Crippen molar-refractivity contribution in [2.45, 2.75) is 83.5 Å². The molecule has 3 nitrogen and oxygen atoms in total. The second-order valence-corrected chi connectivity index (χ2v) is 10.1. The van der Waals surface area contributed by atoms with E-state index in [-0.39, 0.29) is 17.3 Å². The van der Waals surface area contributed by atoms with Crippen molar-refractivity contribution >= 4 is 0 Å². The van der Waals surface area contributed by atoms with Gasteiger partial charge in [0.1, 0.15) is 0 Å². The molecule has 1 spiro atoms. The van der Waals surface area contributed by atoms with E-state index in [1.807, 2.05) is 0 Å². The smallest absolute Gasteiger partial charge is 0.168 e. The number of rotatable bonds is 0. The molecule has 0 aromatic carbocycles. The summed E-state index contributed by atoms with van der Waals surface area (Å²) in [6, 6.07) is 0. The Bertz CT molecular complexity index is 513. The van der Waals surface area contributed by atoms with Crippen molar-refractivity contribution in [3.8, 4) is 0 Å². The Morgan fingerprint density at radius 3 is 2.33 bits per heavy atom. The first-order valence-electron chi connectivity index (χ1n) is 10.4. The molecule has 1 N–H and O–H groups in total. The van der Waals surface area contributed by atoms with Crippen molar-refractivity contribution in [1.82, 2.24) is 0 Å². The molecule has 0 amide bonds. The van der Waals surface area contributed by atoms with E-state index >= 15 is 0 Å². The van der Waals surface area contributed by atoms with E-state index in [4.69, 9.17) is 9.47 Å². The topological polar surface area (TPSA) is 38.7 Å². The van der Waals surface area contributed by atoms with E-state index in [1.165, 1.54) is 38.5 Å². The minimum absolute atomic E-state index is 0.0520. The molecule has 136 valence electrons. The summed E-state index contributed by atoms with van der Waals surface area (Å²) < 4.78 is 12.1. The first kappa shape index (κ1) is 16.1. The third-order valence-electron chi connectivity index (χ3n) is 9.43. The minimum atomic E-state index is -0.232. The van der Waals surface area contributed by atoms with Crippen LogP contribution in [0.25, 0.3) is 0 Å². The van der Waals surface area contributed by atoms with Crippen LogP contribution in [0.4, 0.5) is 0 Å². The van der Waals surface area contributed by atoms with Gasteiger partial charge in [0, 0.05) is 12.8 Å². The van der Waals surface area contributed by atoms with Crippen LogP contribution >= 0.6 is 0 Å². The number of aliphatic hydroxyl groups excluding tert-OH is 1. The fraction of sp³-hybridized carbons (Fsp3) is 1.00. The summed E-state index contributed by atoms with van der Waals surface area (Å²) in [5.74, 6) is 3.00. The minimum Gasteiger partial charge on any atom is -0.393 e. The number of ether oxygens (including phenoxy) is 2. The Kier molecular flexibility index (Phi) is 3.49. The van der Waals surface area contributed by atoms with Crippen molar-refractivity contribution in [2.75, 3.05) is 13.2 Å². The van der Waals surface area contributed by atoms with Crippen LogP contribution < -0.4 is 0 Å². The monoisotopic (exact) mass is 334 g/mol. The molecule has 0 bridgehead atoms. The molecule has 4 aliphatic carbocycles. The average Bonchev–Trinajstić information content (AvgIpc) is 3.14. The highest BCUT2D eigenvalue weighted by atomic mass is 16.7. The second-order valence-electron chi connectivity index (χ2n) is 10.1. The van der Waals surface area contributed by atoms with Crippen LogP contribution in [0.15, 0.2) is 0 Å². The molecule has 0 radical (unpaired) electrons. The highest BCUT2D eigenvalue weighted by Gasteiger charge is 2.61. The Labute approximate surface area is 146 Å². The Balaban J connectivity index is 1.41. The van der Waals surface area contributed by atoms with Gasteiger partial charge >= 0.3 is 0 Å². The molecule has 1 heterocycles. The average molecular weight is 335 g/mol. The maximum absolute atomic E-state index is 10.6. The first-order valence-corrected chi connectivity index (χ1v) is 10.4. The highest BCUT2D eigenvalue weighted by Crippen LogP contribution is 2.67. The first-order chi connectivity index (χ1) is 11.5. The lowest BCUT2D eigenvalue weighted by Crippen LogP contribution is -2.56. The van der Waals surface area contributed by atoms with E-state index < -0.39 is 0 Å². The fourth-order valence-corrected chi connectivity index (χ4v) is 7.93. The summed E-state index contributed by atoms with van der Waals surface area (Å²) in [6.45, 7) is 6.54. The molecule has 5 fully saturated rings. The van der Waals surface area contributed by atoms with Crippen LogP contribution in [-0.4, -0.2) is 30.2 Å². The Morgan fingerprint density at radius 1 is 0.792 bits per heavy atom. The zero-order chi connectivity index (χ0) is 16.6. The number of hydrogen-bond acceptors (Lipinski definition) is 3. The molecule has 24 heavy (non-hydrogen) atoms. The summed E-state index contributed by atoms with van der Waals surface area (Å²) in [6.07, 6.45) is 11.0. The third kappa shape index (κ3) is 2.01. The maximum atomic E-state index is 10.6. The lowest BCUT2D eigenvalue weighted by molar-refractivity contribution is -0.230. The van der Waals surface area contributed by atoms with Crippen LogP contribution in [0, 0.1) is 34.5 Å². The molecule has 7 atom stereocenters. The summed E-state index contributed by atoms with van der Waals surface area (Å²) in [7, 11) is 0. The lowest BCUT2D eigenvalue weighted by atomic mass is 9.45. The van der Waals surface area contributed by atoms with Gasteiger partial charge in [-0.25, -0.2) is 0 Å².